The number of carbonyl (C=O) groups is 2. The Kier molecular flexibility index (Phi) is 5.71. The molecule has 28 heavy (non-hydrogen) atoms. The molecule has 144 valence electrons. The summed E-state index contributed by atoms with van der Waals surface area (Å²) >= 11 is 16.8. The number of rotatable bonds is 4. The van der Waals surface area contributed by atoms with Crippen LogP contribution in [-0.4, -0.2) is 25.3 Å². The molecule has 2 amide bonds. The highest BCUT2D eigenvalue weighted by molar-refractivity contribution is 7.87. The lowest BCUT2D eigenvalue weighted by molar-refractivity contribution is -0.123. The Morgan fingerprint density at radius 2 is 1.61 bits per heavy atom. The lowest BCUT2D eigenvalue weighted by Gasteiger charge is -2.17. The molecular formula is C17H10Cl2N2O5S2. The van der Waals surface area contributed by atoms with Gasteiger partial charge in [0.05, 0.1) is 5.02 Å². The number of hydrogen-bond donors (Lipinski definition) is 2. The number of thiocarbonyl (C=S) groups is 1. The second-order valence-electron chi connectivity index (χ2n) is 5.45. The van der Waals surface area contributed by atoms with Gasteiger partial charge in [-0.1, -0.05) is 41.4 Å². The van der Waals surface area contributed by atoms with E-state index in [1.54, 1.807) is 6.07 Å². The minimum absolute atomic E-state index is 0.0186. The molecule has 0 aliphatic carbocycles. The van der Waals surface area contributed by atoms with Crippen molar-refractivity contribution in [2.45, 2.75) is 4.90 Å². The van der Waals surface area contributed by atoms with Gasteiger partial charge in [0, 0.05) is 10.6 Å². The van der Waals surface area contributed by atoms with Gasteiger partial charge >= 0.3 is 10.1 Å². The second-order valence-corrected chi connectivity index (χ2v) is 8.25. The van der Waals surface area contributed by atoms with Gasteiger partial charge in [-0.2, -0.15) is 8.42 Å². The molecule has 1 aliphatic heterocycles. The molecule has 0 radical (unpaired) electrons. The van der Waals surface area contributed by atoms with Crippen molar-refractivity contribution in [2.75, 3.05) is 0 Å². The molecule has 1 fully saturated rings. The summed E-state index contributed by atoms with van der Waals surface area (Å²) in [5.74, 6) is -1.81. The van der Waals surface area contributed by atoms with Gasteiger partial charge < -0.3 is 4.18 Å². The number of halogens is 2. The minimum Gasteiger partial charge on any atom is -0.377 e. The topological polar surface area (TPSA) is 102 Å². The van der Waals surface area contributed by atoms with Crippen molar-refractivity contribution in [1.82, 2.24) is 10.6 Å². The molecule has 1 saturated heterocycles. The predicted molar refractivity (Wildman–Crippen MR) is 108 cm³/mol. The molecule has 2 aromatic rings. The Bertz CT molecular complexity index is 1110. The van der Waals surface area contributed by atoms with E-state index in [1.807, 2.05) is 0 Å². The molecule has 2 N–H and O–H groups in total. The zero-order valence-electron chi connectivity index (χ0n) is 13.7. The summed E-state index contributed by atoms with van der Waals surface area (Å²) in [6, 6.07) is 9.99. The minimum atomic E-state index is -4.23. The molecule has 11 heteroatoms. The fourth-order valence-electron chi connectivity index (χ4n) is 2.28. The quantitative estimate of drug-likeness (QED) is 0.317. The molecule has 0 spiro atoms. The number of benzene rings is 2. The molecule has 0 unspecified atom stereocenters. The summed E-state index contributed by atoms with van der Waals surface area (Å²) in [4.78, 5) is 24.0. The number of nitrogens with one attached hydrogen (secondary N) is 2. The van der Waals surface area contributed by atoms with Crippen LogP contribution >= 0.6 is 35.4 Å². The second kappa shape index (κ2) is 7.88. The molecule has 0 bridgehead atoms. The predicted octanol–water partition coefficient (Wildman–Crippen LogP) is 2.68. The maximum absolute atomic E-state index is 12.5. The average Bonchev–Trinajstić information content (AvgIpc) is 2.61. The monoisotopic (exact) mass is 456 g/mol. The lowest BCUT2D eigenvalue weighted by atomic mass is 10.1. The lowest BCUT2D eigenvalue weighted by Crippen LogP contribution is -2.51. The van der Waals surface area contributed by atoms with Crippen molar-refractivity contribution in [3.63, 3.8) is 0 Å². The first-order chi connectivity index (χ1) is 13.2. The van der Waals surface area contributed by atoms with Gasteiger partial charge in [0.2, 0.25) is 0 Å². The van der Waals surface area contributed by atoms with Crippen molar-refractivity contribution in [3.05, 3.63) is 63.6 Å². The number of hydrogen-bond acceptors (Lipinski definition) is 6. The van der Waals surface area contributed by atoms with E-state index in [-0.39, 0.29) is 36.9 Å². The van der Waals surface area contributed by atoms with Crippen LogP contribution in [0, 0.1) is 0 Å². The zero-order valence-corrected chi connectivity index (χ0v) is 16.9. The molecule has 0 aromatic heterocycles. The summed E-state index contributed by atoms with van der Waals surface area (Å²) in [6.45, 7) is 0. The van der Waals surface area contributed by atoms with E-state index in [9.17, 15) is 18.0 Å². The van der Waals surface area contributed by atoms with E-state index in [4.69, 9.17) is 39.6 Å². The summed E-state index contributed by atoms with van der Waals surface area (Å²) in [6.07, 6.45) is 1.11. The van der Waals surface area contributed by atoms with Crippen LogP contribution in [0.25, 0.3) is 6.08 Å². The van der Waals surface area contributed by atoms with Crippen LogP contribution in [0.1, 0.15) is 5.56 Å². The maximum Gasteiger partial charge on any atom is 0.339 e. The normalized spacial score (nSPS) is 14.4. The van der Waals surface area contributed by atoms with E-state index in [1.165, 1.54) is 36.4 Å². The highest BCUT2D eigenvalue weighted by Gasteiger charge is 2.27. The van der Waals surface area contributed by atoms with Crippen molar-refractivity contribution in [2.24, 2.45) is 0 Å². The standard InChI is InChI=1S/C17H10Cl2N2O5S2/c18-10-6-9(7-12-15(22)20-17(27)21-16(12)23)14(13(19)8-10)26-28(24,25)11-4-2-1-3-5-11/h1-8H,(H2,20,21,22,23,27). The van der Waals surface area contributed by atoms with Gasteiger partial charge in [-0.3, -0.25) is 20.2 Å². The first kappa shape index (κ1) is 20.3. The number of amides is 2. The molecule has 0 saturated carbocycles. The summed E-state index contributed by atoms with van der Waals surface area (Å²) in [5.41, 5.74) is -0.306. The molecule has 7 nitrogen and oxygen atoms in total. The largest absolute Gasteiger partial charge is 0.377 e. The van der Waals surface area contributed by atoms with Gasteiger partial charge in [-0.15, -0.1) is 0 Å². The van der Waals surface area contributed by atoms with E-state index in [0.717, 1.165) is 6.08 Å². The first-order valence-electron chi connectivity index (χ1n) is 7.54. The molecule has 3 rings (SSSR count). The van der Waals surface area contributed by atoms with Crippen LogP contribution in [0.15, 0.2) is 52.9 Å². The summed E-state index contributed by atoms with van der Waals surface area (Å²) in [5, 5.41) is 4.43. The van der Waals surface area contributed by atoms with Gasteiger partial charge in [0.15, 0.2) is 10.9 Å². The Labute approximate surface area is 175 Å². The Hall–Kier alpha value is -2.46. The fraction of sp³-hybridized carbons (Fsp3) is 0. The first-order valence-corrected chi connectivity index (χ1v) is 10.1. The highest BCUT2D eigenvalue weighted by atomic mass is 35.5. The van der Waals surface area contributed by atoms with Gasteiger partial charge in [-0.25, -0.2) is 0 Å². The third-order valence-electron chi connectivity index (χ3n) is 3.51. The average molecular weight is 457 g/mol. The van der Waals surface area contributed by atoms with Crippen LogP contribution in [0.2, 0.25) is 10.0 Å². The SMILES string of the molecule is O=C1NC(=S)NC(=O)C1=Cc1cc(Cl)cc(Cl)c1OS(=O)(=O)c1ccccc1. The molecule has 0 atom stereocenters. The third-order valence-corrected chi connectivity index (χ3v) is 5.44. The molecule has 1 aliphatic rings. The summed E-state index contributed by atoms with van der Waals surface area (Å²) in [7, 11) is -4.23. The van der Waals surface area contributed by atoms with Crippen molar-refractivity contribution in [3.8, 4) is 5.75 Å². The van der Waals surface area contributed by atoms with Gasteiger partial charge in [0.1, 0.15) is 10.5 Å². The van der Waals surface area contributed by atoms with Crippen molar-refractivity contribution in [1.29, 1.82) is 0 Å². The Morgan fingerprint density at radius 1 is 1.00 bits per heavy atom. The molecule has 2 aromatic carbocycles. The van der Waals surface area contributed by atoms with E-state index < -0.39 is 21.9 Å². The smallest absolute Gasteiger partial charge is 0.339 e. The molecule has 1 heterocycles. The van der Waals surface area contributed by atoms with Crippen LogP contribution in [0.4, 0.5) is 0 Å². The van der Waals surface area contributed by atoms with Crippen molar-refractivity contribution >= 4 is 68.5 Å². The van der Waals surface area contributed by atoms with Crippen LogP contribution < -0.4 is 14.8 Å². The Balaban J connectivity index is 2.09. The zero-order chi connectivity index (χ0) is 20.5. The van der Waals surface area contributed by atoms with Gasteiger partial charge in [0.25, 0.3) is 11.8 Å². The van der Waals surface area contributed by atoms with E-state index >= 15 is 0 Å². The van der Waals surface area contributed by atoms with Gasteiger partial charge in [-0.05, 0) is 42.6 Å². The third kappa shape index (κ3) is 4.33. The van der Waals surface area contributed by atoms with Crippen molar-refractivity contribution < 1.29 is 22.2 Å². The fourth-order valence-corrected chi connectivity index (χ4v) is 4.05. The van der Waals surface area contributed by atoms with Crippen LogP contribution in [0.3, 0.4) is 0 Å². The molecular weight excluding hydrogens is 447 g/mol. The van der Waals surface area contributed by atoms with E-state index in [0.29, 0.717) is 0 Å². The number of carbonyl (C=O) groups excluding carboxylic acids is 2. The van der Waals surface area contributed by atoms with E-state index in [2.05, 4.69) is 10.6 Å². The highest BCUT2D eigenvalue weighted by Crippen LogP contribution is 2.36. The summed E-state index contributed by atoms with van der Waals surface area (Å²) < 4.78 is 30.3. The maximum atomic E-state index is 12.5. The van der Waals surface area contributed by atoms with Crippen LogP contribution in [0.5, 0.6) is 5.75 Å². The van der Waals surface area contributed by atoms with Crippen LogP contribution in [-0.2, 0) is 19.7 Å². The Morgan fingerprint density at radius 3 is 2.21 bits per heavy atom.